The van der Waals surface area contributed by atoms with E-state index in [1.807, 2.05) is 37.3 Å². The van der Waals surface area contributed by atoms with E-state index in [1.54, 1.807) is 24.3 Å². The Morgan fingerprint density at radius 1 is 1.05 bits per heavy atom. The number of aryl methyl sites for hydroxylation is 1. The van der Waals surface area contributed by atoms with Gasteiger partial charge in [-0.15, -0.1) is 0 Å². The van der Waals surface area contributed by atoms with E-state index in [-0.39, 0.29) is 12.5 Å². The predicted octanol–water partition coefficient (Wildman–Crippen LogP) is 1.59. The maximum Gasteiger partial charge on any atom is 0.183 e. The van der Waals surface area contributed by atoms with Crippen LogP contribution in [0.4, 0.5) is 0 Å². The predicted molar refractivity (Wildman–Crippen MR) is 87.3 cm³/mol. The van der Waals surface area contributed by atoms with Crippen molar-refractivity contribution in [1.29, 1.82) is 0 Å². The Labute approximate surface area is 131 Å². The first-order valence-corrected chi connectivity index (χ1v) is 8.80. The highest BCUT2D eigenvalue weighted by atomic mass is 32.2. The molecule has 3 rings (SSSR count). The zero-order valence-corrected chi connectivity index (χ0v) is 13.3. The van der Waals surface area contributed by atoms with Crippen molar-refractivity contribution >= 4 is 9.84 Å². The second-order valence-electron chi connectivity index (χ2n) is 5.98. The average molecular weight is 316 g/mol. The van der Waals surface area contributed by atoms with Crippen LogP contribution in [0.2, 0.25) is 0 Å². The minimum Gasteiger partial charge on any atom is -0.329 e. The smallest absolute Gasteiger partial charge is 0.183 e. The van der Waals surface area contributed by atoms with E-state index >= 15 is 0 Å². The SMILES string of the molecule is Cc1ccc(S(=O)(=O)[C@H]2[C@@H](c3ccccc3)[C@@]2(N)CN)cc1. The molecule has 22 heavy (non-hydrogen) atoms. The number of rotatable bonds is 4. The topological polar surface area (TPSA) is 86.2 Å². The van der Waals surface area contributed by atoms with Gasteiger partial charge in [0.05, 0.1) is 15.7 Å². The molecule has 0 unspecified atom stereocenters. The minimum absolute atomic E-state index is 0.141. The molecule has 0 radical (unpaired) electrons. The second kappa shape index (κ2) is 5.19. The molecule has 3 atom stereocenters. The normalized spacial score (nSPS) is 27.6. The van der Waals surface area contributed by atoms with Crippen LogP contribution in [0.15, 0.2) is 59.5 Å². The molecule has 4 N–H and O–H groups in total. The van der Waals surface area contributed by atoms with Gasteiger partial charge in [0.2, 0.25) is 0 Å². The van der Waals surface area contributed by atoms with Crippen molar-refractivity contribution in [3.63, 3.8) is 0 Å². The van der Waals surface area contributed by atoms with Gasteiger partial charge in [-0.1, -0.05) is 48.0 Å². The standard InChI is InChI=1S/C17H20N2O2S/c1-12-7-9-14(10-8-12)22(20,21)16-15(17(16,19)11-18)13-5-3-2-4-6-13/h2-10,15-16H,11,18-19H2,1H3/t15-,16+,17+/m1/s1. The Morgan fingerprint density at radius 2 is 1.64 bits per heavy atom. The van der Waals surface area contributed by atoms with Crippen molar-refractivity contribution in [2.75, 3.05) is 6.54 Å². The Morgan fingerprint density at radius 3 is 2.18 bits per heavy atom. The molecule has 4 nitrogen and oxygen atoms in total. The molecule has 0 aliphatic heterocycles. The van der Waals surface area contributed by atoms with Crippen LogP contribution in [0.1, 0.15) is 17.0 Å². The number of hydrogen-bond acceptors (Lipinski definition) is 4. The number of nitrogens with two attached hydrogens (primary N) is 2. The summed E-state index contributed by atoms with van der Waals surface area (Å²) in [5.74, 6) is -0.259. The highest BCUT2D eigenvalue weighted by molar-refractivity contribution is 7.92. The van der Waals surface area contributed by atoms with Crippen molar-refractivity contribution in [3.05, 3.63) is 65.7 Å². The molecule has 1 fully saturated rings. The Balaban J connectivity index is 2.01. The lowest BCUT2D eigenvalue weighted by atomic mass is 10.1. The van der Waals surface area contributed by atoms with Gasteiger partial charge in [-0.25, -0.2) is 8.42 Å². The molecule has 0 aromatic heterocycles. The van der Waals surface area contributed by atoms with E-state index in [0.717, 1.165) is 11.1 Å². The number of benzene rings is 2. The van der Waals surface area contributed by atoms with Crippen molar-refractivity contribution in [2.24, 2.45) is 11.5 Å². The van der Waals surface area contributed by atoms with Crippen molar-refractivity contribution in [3.8, 4) is 0 Å². The zero-order chi connectivity index (χ0) is 16.0. The third-order valence-electron chi connectivity index (χ3n) is 4.50. The van der Waals surface area contributed by atoms with E-state index in [9.17, 15) is 8.42 Å². The van der Waals surface area contributed by atoms with Crippen molar-refractivity contribution in [2.45, 2.75) is 28.5 Å². The van der Waals surface area contributed by atoms with Crippen LogP contribution in [0.3, 0.4) is 0 Å². The first kappa shape index (κ1) is 15.2. The van der Waals surface area contributed by atoms with Gasteiger partial charge in [0.1, 0.15) is 0 Å². The van der Waals surface area contributed by atoms with Crippen LogP contribution in [0.5, 0.6) is 0 Å². The van der Waals surface area contributed by atoms with Gasteiger partial charge in [0.25, 0.3) is 0 Å². The fraction of sp³-hybridized carbons (Fsp3) is 0.294. The summed E-state index contributed by atoms with van der Waals surface area (Å²) in [4.78, 5) is 0.310. The van der Waals surface area contributed by atoms with Crippen LogP contribution in [-0.4, -0.2) is 25.8 Å². The van der Waals surface area contributed by atoms with Gasteiger partial charge in [-0.3, -0.25) is 0 Å². The highest BCUT2D eigenvalue weighted by Crippen LogP contribution is 2.55. The largest absolute Gasteiger partial charge is 0.329 e. The maximum atomic E-state index is 12.9. The van der Waals surface area contributed by atoms with E-state index in [4.69, 9.17) is 11.5 Å². The molecule has 1 aliphatic rings. The first-order chi connectivity index (χ1) is 10.4. The van der Waals surface area contributed by atoms with Crippen LogP contribution < -0.4 is 11.5 Å². The van der Waals surface area contributed by atoms with Crippen molar-refractivity contribution < 1.29 is 8.42 Å². The fourth-order valence-corrected chi connectivity index (χ4v) is 5.47. The van der Waals surface area contributed by atoms with E-state index in [1.165, 1.54) is 0 Å². The summed E-state index contributed by atoms with van der Waals surface area (Å²) >= 11 is 0. The molecular formula is C17H20N2O2S. The van der Waals surface area contributed by atoms with Gasteiger partial charge in [-0.2, -0.15) is 0 Å². The molecule has 0 saturated heterocycles. The maximum absolute atomic E-state index is 12.9. The van der Waals surface area contributed by atoms with E-state index in [2.05, 4.69) is 0 Å². The van der Waals surface area contributed by atoms with Crippen LogP contribution in [0.25, 0.3) is 0 Å². The molecule has 2 aromatic rings. The van der Waals surface area contributed by atoms with Crippen LogP contribution >= 0.6 is 0 Å². The molecule has 0 bridgehead atoms. The average Bonchev–Trinajstić information content (AvgIpc) is 3.16. The minimum atomic E-state index is -3.50. The molecule has 0 spiro atoms. The fourth-order valence-electron chi connectivity index (χ4n) is 3.15. The second-order valence-corrected chi connectivity index (χ2v) is 8.05. The summed E-state index contributed by atoms with van der Waals surface area (Å²) in [6.07, 6.45) is 0. The Bertz CT molecular complexity index is 772. The summed E-state index contributed by atoms with van der Waals surface area (Å²) in [5, 5.41) is -0.671. The van der Waals surface area contributed by atoms with Crippen molar-refractivity contribution in [1.82, 2.24) is 0 Å². The molecule has 0 heterocycles. The summed E-state index contributed by atoms with van der Waals surface area (Å²) in [5.41, 5.74) is 13.2. The monoisotopic (exact) mass is 316 g/mol. The van der Waals surface area contributed by atoms with Gasteiger partial charge in [0, 0.05) is 12.5 Å². The van der Waals surface area contributed by atoms with Gasteiger partial charge < -0.3 is 11.5 Å². The Kier molecular flexibility index (Phi) is 3.59. The Hall–Kier alpha value is -1.69. The molecule has 1 saturated carbocycles. The number of hydrogen-bond donors (Lipinski definition) is 2. The summed E-state index contributed by atoms with van der Waals surface area (Å²) in [6, 6.07) is 16.4. The van der Waals surface area contributed by atoms with Crippen LogP contribution in [0, 0.1) is 6.92 Å². The van der Waals surface area contributed by atoms with Crippen LogP contribution in [-0.2, 0) is 9.84 Å². The molecule has 2 aromatic carbocycles. The zero-order valence-electron chi connectivity index (χ0n) is 12.4. The lowest BCUT2D eigenvalue weighted by Crippen LogP contribution is -2.39. The first-order valence-electron chi connectivity index (χ1n) is 7.26. The lowest BCUT2D eigenvalue weighted by Gasteiger charge is -2.09. The lowest BCUT2D eigenvalue weighted by molar-refractivity contribution is 0.586. The third-order valence-corrected chi connectivity index (χ3v) is 6.81. The molecule has 0 amide bonds. The van der Waals surface area contributed by atoms with E-state index < -0.39 is 20.6 Å². The summed E-state index contributed by atoms with van der Waals surface area (Å²) in [6.45, 7) is 2.07. The third kappa shape index (κ3) is 2.26. The molecular weight excluding hydrogens is 296 g/mol. The quantitative estimate of drug-likeness (QED) is 0.897. The number of sulfone groups is 1. The molecule has 5 heteroatoms. The molecule has 116 valence electrons. The summed E-state index contributed by atoms with van der Waals surface area (Å²) < 4.78 is 25.9. The van der Waals surface area contributed by atoms with Gasteiger partial charge in [0.15, 0.2) is 9.84 Å². The van der Waals surface area contributed by atoms with Gasteiger partial charge >= 0.3 is 0 Å². The van der Waals surface area contributed by atoms with E-state index in [0.29, 0.717) is 4.90 Å². The van der Waals surface area contributed by atoms with Gasteiger partial charge in [-0.05, 0) is 24.6 Å². The molecule has 1 aliphatic carbocycles. The highest BCUT2D eigenvalue weighted by Gasteiger charge is 2.68. The summed E-state index contributed by atoms with van der Waals surface area (Å²) in [7, 11) is -3.50.